The molecule has 1 aliphatic rings. The quantitative estimate of drug-likeness (QED) is 0.172. The van der Waals surface area contributed by atoms with Gasteiger partial charge in [-0.05, 0) is 134 Å². The average Bonchev–Trinajstić information content (AvgIpc) is 3.60. The number of anilines is 3. The molecule has 11 aromatic rings. The zero-order valence-electron chi connectivity index (χ0n) is 31.4. The molecule has 10 aromatic carbocycles. The van der Waals surface area contributed by atoms with Crippen LogP contribution in [0.4, 0.5) is 17.1 Å². The minimum absolute atomic E-state index is 1.13. The van der Waals surface area contributed by atoms with E-state index in [0.717, 1.165) is 11.4 Å². The number of rotatable bonds is 5. The fourth-order valence-electron chi connectivity index (χ4n) is 9.33. The van der Waals surface area contributed by atoms with Crippen molar-refractivity contribution in [3.05, 3.63) is 206 Å². The first kappa shape index (κ1) is 31.9. The molecule has 2 heteroatoms. The Kier molecular flexibility index (Phi) is 6.88. The number of hydrogen-bond acceptors (Lipinski definition) is 1. The molecule has 0 spiro atoms. The molecule has 57 heavy (non-hydrogen) atoms. The lowest BCUT2D eigenvalue weighted by molar-refractivity contribution is 1.19. The molecule has 1 aliphatic carbocycles. The first-order chi connectivity index (χ1) is 28.2. The van der Waals surface area contributed by atoms with Crippen LogP contribution in [0.1, 0.15) is 5.56 Å². The lowest BCUT2D eigenvalue weighted by Gasteiger charge is -2.30. The summed E-state index contributed by atoms with van der Waals surface area (Å²) in [6.07, 6.45) is 0. The molecule has 1 aromatic heterocycles. The summed E-state index contributed by atoms with van der Waals surface area (Å²) in [5.41, 5.74) is 16.0. The molecule has 0 saturated heterocycles. The Morgan fingerprint density at radius 3 is 1.56 bits per heavy atom. The number of aromatic nitrogens is 1. The summed E-state index contributed by atoms with van der Waals surface area (Å²) >= 11 is 0. The summed E-state index contributed by atoms with van der Waals surface area (Å²) in [5, 5.41) is 10.00. The van der Waals surface area contributed by atoms with Crippen molar-refractivity contribution in [1.29, 1.82) is 0 Å². The van der Waals surface area contributed by atoms with Gasteiger partial charge >= 0.3 is 0 Å². The van der Waals surface area contributed by atoms with Gasteiger partial charge in [-0.15, -0.1) is 0 Å². The van der Waals surface area contributed by atoms with Gasteiger partial charge in [-0.1, -0.05) is 133 Å². The molecular formula is C55H36N2. The molecule has 1 heterocycles. The highest BCUT2D eigenvalue weighted by atomic mass is 15.1. The molecular weight excluding hydrogens is 689 g/mol. The molecule has 0 fully saturated rings. The number of para-hydroxylation sites is 2. The predicted octanol–water partition coefficient (Wildman–Crippen LogP) is 15.3. The van der Waals surface area contributed by atoms with Crippen molar-refractivity contribution in [2.24, 2.45) is 0 Å². The summed E-state index contributed by atoms with van der Waals surface area (Å²) in [7, 11) is 0. The van der Waals surface area contributed by atoms with Gasteiger partial charge in [0.2, 0.25) is 0 Å². The highest BCUT2D eigenvalue weighted by Gasteiger charge is 2.25. The summed E-state index contributed by atoms with van der Waals surface area (Å²) in [6, 6.07) is 73.9. The summed E-state index contributed by atoms with van der Waals surface area (Å²) < 4.78 is 2.41. The van der Waals surface area contributed by atoms with Crippen LogP contribution in [0.2, 0.25) is 0 Å². The van der Waals surface area contributed by atoms with E-state index in [0.29, 0.717) is 0 Å². The number of aryl methyl sites for hydroxylation is 1. The molecule has 266 valence electrons. The second-order valence-electron chi connectivity index (χ2n) is 15.4. The van der Waals surface area contributed by atoms with E-state index in [1.165, 1.54) is 104 Å². The van der Waals surface area contributed by atoms with Crippen LogP contribution in [0.15, 0.2) is 200 Å². The van der Waals surface area contributed by atoms with Gasteiger partial charge in [-0.25, -0.2) is 0 Å². The molecule has 2 nitrogen and oxygen atoms in total. The van der Waals surface area contributed by atoms with Crippen LogP contribution in [0.3, 0.4) is 0 Å². The Balaban J connectivity index is 0.994. The number of hydrogen-bond donors (Lipinski definition) is 0. The van der Waals surface area contributed by atoms with Gasteiger partial charge in [0, 0.05) is 38.8 Å². The van der Waals surface area contributed by atoms with Crippen molar-refractivity contribution in [3.8, 4) is 39.1 Å². The Morgan fingerprint density at radius 2 is 0.877 bits per heavy atom. The molecule has 0 aliphatic heterocycles. The third-order valence-corrected chi connectivity index (χ3v) is 12.1. The Morgan fingerprint density at radius 1 is 0.351 bits per heavy atom. The van der Waals surface area contributed by atoms with Crippen molar-refractivity contribution in [2.45, 2.75) is 6.92 Å². The van der Waals surface area contributed by atoms with Gasteiger partial charge in [0.05, 0.1) is 16.7 Å². The average molecular weight is 725 g/mol. The molecule has 0 amide bonds. The lowest BCUT2D eigenvalue weighted by atomic mass is 9.78. The molecule has 12 rings (SSSR count). The van der Waals surface area contributed by atoms with Crippen LogP contribution < -0.4 is 4.90 Å². The highest BCUT2D eigenvalue weighted by molar-refractivity contribution is 6.14. The standard InChI is InChI=1S/C55H36N2/c1-35-19-24-42(25-20-35)56(55-45-14-6-5-13-37(45)23-28-46(55)36-11-3-2-4-12-36)43-26-21-38-31-49-51(33-40(38)29-43)50-32-39-22-27-44(30-41(39)34-52(49)50)57-53-17-9-7-15-47(53)48-16-8-10-18-54(48)57/h2-34H,1H3. The second-order valence-corrected chi connectivity index (χ2v) is 15.4. The summed E-state index contributed by atoms with van der Waals surface area (Å²) in [4.78, 5) is 2.46. The maximum Gasteiger partial charge on any atom is 0.0618 e. The van der Waals surface area contributed by atoms with Crippen molar-refractivity contribution >= 4 is 71.2 Å². The molecule has 0 bridgehead atoms. The van der Waals surface area contributed by atoms with Gasteiger partial charge < -0.3 is 9.47 Å². The van der Waals surface area contributed by atoms with E-state index in [1.807, 2.05) is 0 Å². The minimum atomic E-state index is 1.13. The monoisotopic (exact) mass is 724 g/mol. The smallest absolute Gasteiger partial charge is 0.0618 e. The van der Waals surface area contributed by atoms with Crippen molar-refractivity contribution in [2.75, 3.05) is 4.90 Å². The Labute approximate surface area is 331 Å². The fourth-order valence-corrected chi connectivity index (χ4v) is 9.33. The number of fused-ring (bicyclic) bond motifs is 10. The molecule has 0 saturated carbocycles. The molecule has 0 unspecified atom stereocenters. The van der Waals surface area contributed by atoms with E-state index in [1.54, 1.807) is 0 Å². The van der Waals surface area contributed by atoms with Crippen LogP contribution in [0, 0.1) is 6.92 Å². The van der Waals surface area contributed by atoms with E-state index in [-0.39, 0.29) is 0 Å². The summed E-state index contributed by atoms with van der Waals surface area (Å²) in [5.74, 6) is 0. The van der Waals surface area contributed by atoms with E-state index < -0.39 is 0 Å². The summed E-state index contributed by atoms with van der Waals surface area (Å²) in [6.45, 7) is 2.15. The molecule has 0 atom stereocenters. The maximum absolute atomic E-state index is 2.46. The van der Waals surface area contributed by atoms with Crippen LogP contribution in [-0.2, 0) is 0 Å². The van der Waals surface area contributed by atoms with E-state index in [2.05, 4.69) is 217 Å². The van der Waals surface area contributed by atoms with Crippen molar-refractivity contribution < 1.29 is 0 Å². The Hall–Kier alpha value is -7.42. The maximum atomic E-state index is 2.46. The van der Waals surface area contributed by atoms with Crippen molar-refractivity contribution in [3.63, 3.8) is 0 Å². The second kappa shape index (κ2) is 12.3. The van der Waals surface area contributed by atoms with E-state index in [4.69, 9.17) is 0 Å². The van der Waals surface area contributed by atoms with Gasteiger partial charge in [-0.3, -0.25) is 0 Å². The largest absolute Gasteiger partial charge is 0.309 e. The molecule has 0 N–H and O–H groups in total. The zero-order chi connectivity index (χ0) is 37.6. The first-order valence-corrected chi connectivity index (χ1v) is 19.8. The highest BCUT2D eigenvalue weighted by Crippen LogP contribution is 2.52. The number of benzene rings is 10. The predicted molar refractivity (Wildman–Crippen MR) is 243 cm³/mol. The van der Waals surface area contributed by atoms with Gasteiger partial charge in [0.15, 0.2) is 0 Å². The van der Waals surface area contributed by atoms with Crippen LogP contribution >= 0.6 is 0 Å². The SMILES string of the molecule is Cc1ccc(N(c2ccc3cc4c(cc3c2)-c2cc3ccc(-n5c6ccccc6c6ccccc65)cc3cc2-4)c2c(-c3ccccc3)ccc3ccccc23)cc1. The normalized spacial score (nSPS) is 11.9. The third-order valence-electron chi connectivity index (χ3n) is 12.1. The van der Waals surface area contributed by atoms with Crippen molar-refractivity contribution in [1.82, 2.24) is 4.57 Å². The van der Waals surface area contributed by atoms with Gasteiger partial charge in [-0.2, -0.15) is 0 Å². The molecule has 0 radical (unpaired) electrons. The van der Waals surface area contributed by atoms with Crippen LogP contribution in [0.25, 0.3) is 93.2 Å². The van der Waals surface area contributed by atoms with E-state index >= 15 is 0 Å². The Bertz CT molecular complexity index is 3350. The fraction of sp³-hybridized carbons (Fsp3) is 0.0182. The first-order valence-electron chi connectivity index (χ1n) is 19.8. The lowest BCUT2D eigenvalue weighted by Crippen LogP contribution is -2.12. The number of nitrogens with zero attached hydrogens (tertiary/aromatic N) is 2. The van der Waals surface area contributed by atoms with Crippen LogP contribution in [-0.4, -0.2) is 4.57 Å². The minimum Gasteiger partial charge on any atom is -0.309 e. The van der Waals surface area contributed by atoms with Gasteiger partial charge in [0.1, 0.15) is 0 Å². The van der Waals surface area contributed by atoms with Gasteiger partial charge in [0.25, 0.3) is 0 Å². The zero-order valence-corrected chi connectivity index (χ0v) is 31.4. The van der Waals surface area contributed by atoms with Crippen LogP contribution in [0.5, 0.6) is 0 Å². The third kappa shape index (κ3) is 4.91. The van der Waals surface area contributed by atoms with E-state index in [9.17, 15) is 0 Å². The topological polar surface area (TPSA) is 8.17 Å².